The van der Waals surface area contributed by atoms with Crippen molar-refractivity contribution < 1.29 is 14.3 Å². The van der Waals surface area contributed by atoms with Crippen LogP contribution in [0.4, 0.5) is 0 Å². The van der Waals surface area contributed by atoms with Gasteiger partial charge in [0, 0.05) is 43.1 Å². The molecule has 6 nitrogen and oxygen atoms in total. The smallest absolute Gasteiger partial charge is 0.268 e. The molecule has 0 unspecified atom stereocenters. The third kappa shape index (κ3) is 4.70. The number of Topliss-reactive ketones (excluding diaryl/α,β-unsaturated/α-hetero) is 1. The summed E-state index contributed by atoms with van der Waals surface area (Å²) in [7, 11) is 0. The average Bonchev–Trinajstić information content (AvgIpc) is 2.73. The summed E-state index contributed by atoms with van der Waals surface area (Å²) in [6.07, 6.45) is 2.44. The van der Waals surface area contributed by atoms with Gasteiger partial charge in [0.1, 0.15) is 5.56 Å². The van der Waals surface area contributed by atoms with Crippen LogP contribution in [0.3, 0.4) is 0 Å². The van der Waals surface area contributed by atoms with E-state index in [0.717, 1.165) is 0 Å². The molecule has 1 N–H and O–H groups in total. The lowest BCUT2D eigenvalue weighted by Gasteiger charge is -2.22. The molecule has 0 atom stereocenters. The van der Waals surface area contributed by atoms with Gasteiger partial charge >= 0.3 is 0 Å². The number of carbonyl (C=O) groups is 2. The number of fused-ring (bicyclic) bond motifs is 1. The lowest BCUT2D eigenvalue weighted by Crippen LogP contribution is -2.36. The molecule has 0 bridgehead atoms. The van der Waals surface area contributed by atoms with Crippen LogP contribution in [0, 0.1) is 0 Å². The van der Waals surface area contributed by atoms with Crippen LogP contribution in [0.25, 0.3) is 5.69 Å². The van der Waals surface area contributed by atoms with Crippen molar-refractivity contribution in [3.05, 3.63) is 63.1 Å². The molecule has 0 aliphatic heterocycles. The van der Waals surface area contributed by atoms with Crippen molar-refractivity contribution in [2.24, 2.45) is 0 Å². The Hall–Kier alpha value is -2.73. The fourth-order valence-electron chi connectivity index (χ4n) is 3.75. The lowest BCUT2D eigenvalue weighted by molar-refractivity contribution is 0.0942. The molecule has 3 rings (SSSR count). The van der Waals surface area contributed by atoms with E-state index in [2.05, 4.69) is 19.2 Å². The largest absolute Gasteiger partial charge is 0.382 e. The predicted octanol–water partition coefficient (Wildman–Crippen LogP) is 3.64. The number of ether oxygens (including phenoxy) is 1. The highest BCUT2D eigenvalue weighted by molar-refractivity contribution is 6.01. The van der Waals surface area contributed by atoms with Crippen molar-refractivity contribution in [2.75, 3.05) is 19.8 Å². The summed E-state index contributed by atoms with van der Waals surface area (Å²) in [5, 5.41) is 2.78. The molecule has 6 heteroatoms. The van der Waals surface area contributed by atoms with E-state index in [1.54, 1.807) is 4.57 Å². The first-order chi connectivity index (χ1) is 14.4. The molecule has 0 spiro atoms. The molecule has 1 aliphatic rings. The molecular weight excluding hydrogens is 380 g/mol. The van der Waals surface area contributed by atoms with Gasteiger partial charge in [-0.2, -0.15) is 0 Å². The summed E-state index contributed by atoms with van der Waals surface area (Å²) in [5.74, 6) is -0.0977. The van der Waals surface area contributed by atoms with E-state index >= 15 is 0 Å². The second-order valence-corrected chi connectivity index (χ2v) is 7.89. The molecule has 2 aromatic rings. The Morgan fingerprint density at radius 1 is 1.17 bits per heavy atom. The zero-order valence-corrected chi connectivity index (χ0v) is 18.0. The Morgan fingerprint density at radius 3 is 2.57 bits per heavy atom. The Balaban J connectivity index is 2.00. The average molecular weight is 411 g/mol. The zero-order valence-electron chi connectivity index (χ0n) is 18.0. The van der Waals surface area contributed by atoms with Crippen LogP contribution in [0.2, 0.25) is 0 Å². The molecule has 0 saturated heterocycles. The maximum atomic E-state index is 13.3. The molecular formula is C24H30N2O4. The number of hydrogen-bond donors (Lipinski definition) is 1. The fourth-order valence-corrected chi connectivity index (χ4v) is 3.75. The highest BCUT2D eigenvalue weighted by Crippen LogP contribution is 2.24. The minimum absolute atomic E-state index is 0.00773. The van der Waals surface area contributed by atoms with E-state index in [1.807, 2.05) is 31.2 Å². The van der Waals surface area contributed by atoms with Crippen LogP contribution in [-0.2, 0) is 11.2 Å². The van der Waals surface area contributed by atoms with Gasteiger partial charge < -0.3 is 10.1 Å². The van der Waals surface area contributed by atoms with Gasteiger partial charge in [0.25, 0.3) is 11.5 Å². The first-order valence-corrected chi connectivity index (χ1v) is 10.7. The lowest BCUT2D eigenvalue weighted by atomic mass is 9.92. The second kappa shape index (κ2) is 9.85. The first kappa shape index (κ1) is 22.0. The number of nitrogens with zero attached hydrogens (tertiary/aromatic N) is 1. The van der Waals surface area contributed by atoms with Crippen molar-refractivity contribution in [2.45, 2.75) is 52.4 Å². The molecule has 0 fully saturated rings. The normalized spacial score (nSPS) is 13.4. The van der Waals surface area contributed by atoms with Crippen LogP contribution in [-0.4, -0.2) is 36.0 Å². The molecule has 0 saturated carbocycles. The van der Waals surface area contributed by atoms with E-state index in [4.69, 9.17) is 4.74 Å². The summed E-state index contributed by atoms with van der Waals surface area (Å²) in [6, 6.07) is 9.24. The molecule has 1 aliphatic carbocycles. The molecule has 0 radical (unpaired) electrons. The van der Waals surface area contributed by atoms with E-state index < -0.39 is 5.91 Å². The predicted molar refractivity (Wildman–Crippen MR) is 117 cm³/mol. The van der Waals surface area contributed by atoms with Crippen molar-refractivity contribution in [3.63, 3.8) is 0 Å². The van der Waals surface area contributed by atoms with Crippen molar-refractivity contribution in [1.29, 1.82) is 0 Å². The molecule has 30 heavy (non-hydrogen) atoms. The highest BCUT2D eigenvalue weighted by atomic mass is 16.5. The van der Waals surface area contributed by atoms with Crippen LogP contribution in [0.1, 0.15) is 77.9 Å². The monoisotopic (exact) mass is 410 g/mol. The second-order valence-electron chi connectivity index (χ2n) is 7.89. The third-order valence-corrected chi connectivity index (χ3v) is 5.44. The molecule has 1 aromatic carbocycles. The number of ketones is 1. The van der Waals surface area contributed by atoms with Gasteiger partial charge in [0.2, 0.25) is 0 Å². The number of benzene rings is 1. The Labute approximate surface area is 177 Å². The zero-order chi connectivity index (χ0) is 21.7. The summed E-state index contributed by atoms with van der Waals surface area (Å²) >= 11 is 0. The maximum absolute atomic E-state index is 13.3. The number of carbonyl (C=O) groups excluding carboxylic acids is 2. The molecule has 1 heterocycles. The van der Waals surface area contributed by atoms with E-state index in [-0.39, 0.29) is 16.9 Å². The molecule has 1 amide bonds. The quantitative estimate of drug-likeness (QED) is 0.674. The molecule has 160 valence electrons. The summed E-state index contributed by atoms with van der Waals surface area (Å²) in [6.45, 7) is 7.72. The van der Waals surface area contributed by atoms with Crippen LogP contribution in [0.5, 0.6) is 0 Å². The van der Waals surface area contributed by atoms with Crippen molar-refractivity contribution in [1.82, 2.24) is 9.88 Å². The van der Waals surface area contributed by atoms with Gasteiger partial charge in [-0.1, -0.05) is 26.0 Å². The van der Waals surface area contributed by atoms with Crippen LogP contribution >= 0.6 is 0 Å². The minimum Gasteiger partial charge on any atom is -0.382 e. The van der Waals surface area contributed by atoms with Gasteiger partial charge in [0.15, 0.2) is 5.78 Å². The highest BCUT2D eigenvalue weighted by Gasteiger charge is 2.26. The van der Waals surface area contributed by atoms with Gasteiger partial charge in [-0.05, 0) is 55.9 Å². The van der Waals surface area contributed by atoms with E-state index in [9.17, 15) is 14.4 Å². The summed E-state index contributed by atoms with van der Waals surface area (Å²) in [4.78, 5) is 38.6. The SMILES string of the molecule is CCOCCCNC(=O)c1cc2c(n(-c3ccc(C(C)C)cc3)c1=O)CCCC2=O. The Kier molecular flexibility index (Phi) is 7.21. The molecule has 1 aromatic heterocycles. The van der Waals surface area contributed by atoms with Crippen LogP contribution in [0.15, 0.2) is 35.1 Å². The van der Waals surface area contributed by atoms with Crippen LogP contribution < -0.4 is 10.9 Å². The third-order valence-electron chi connectivity index (χ3n) is 5.44. The van der Waals surface area contributed by atoms with Gasteiger partial charge in [-0.25, -0.2) is 0 Å². The minimum atomic E-state index is -0.453. The fraction of sp³-hybridized carbons (Fsp3) is 0.458. The maximum Gasteiger partial charge on any atom is 0.268 e. The van der Waals surface area contributed by atoms with Gasteiger partial charge in [-0.15, -0.1) is 0 Å². The summed E-state index contributed by atoms with van der Waals surface area (Å²) < 4.78 is 6.82. The number of nitrogens with one attached hydrogen (secondary N) is 1. The number of hydrogen-bond acceptors (Lipinski definition) is 4. The van der Waals surface area contributed by atoms with Crippen molar-refractivity contribution >= 4 is 11.7 Å². The van der Waals surface area contributed by atoms with E-state index in [1.165, 1.54) is 11.6 Å². The standard InChI is InChI=1S/C24H30N2O4/c1-4-30-14-6-13-25-23(28)20-15-19-21(7-5-8-22(19)27)26(24(20)29)18-11-9-17(10-12-18)16(2)3/h9-12,15-16H,4-8,13-14H2,1-3H3,(H,25,28). The summed E-state index contributed by atoms with van der Waals surface area (Å²) in [5.41, 5.74) is 2.65. The van der Waals surface area contributed by atoms with Gasteiger partial charge in [0.05, 0.1) is 0 Å². The number of amides is 1. The number of pyridine rings is 1. The van der Waals surface area contributed by atoms with Crippen molar-refractivity contribution in [3.8, 4) is 5.69 Å². The number of rotatable bonds is 8. The first-order valence-electron chi connectivity index (χ1n) is 10.7. The Morgan fingerprint density at radius 2 is 1.90 bits per heavy atom. The topological polar surface area (TPSA) is 77.4 Å². The van der Waals surface area contributed by atoms with E-state index in [0.29, 0.717) is 68.3 Å². The van der Waals surface area contributed by atoms with Gasteiger partial charge in [-0.3, -0.25) is 19.0 Å². The Bertz CT molecular complexity index is 974. The number of aromatic nitrogens is 1.